The molecule has 1 aromatic rings. The van der Waals surface area contributed by atoms with E-state index in [1.54, 1.807) is 30.8 Å². The van der Waals surface area contributed by atoms with Gasteiger partial charge in [-0.1, -0.05) is 78.3 Å². The maximum atomic E-state index is 14.2. The number of methoxy groups -OCH3 is 1. The number of ether oxygens (including phenoxy) is 1. The summed E-state index contributed by atoms with van der Waals surface area (Å²) < 4.78 is 6.07. The van der Waals surface area contributed by atoms with Crippen LogP contribution in [0.25, 0.3) is 0 Å². The summed E-state index contributed by atoms with van der Waals surface area (Å²) in [5, 5.41) is 3.07. The standard InChI is InChI=1S/C41H70N6O5S/c1-12-30(6)39(44(9)41(51)37(28(2)3)42-40(50)38(29(4)5)43(7)8)33(52-10)25-36(49)47-20-16-19-32(47)34(53-11)26-35(48)46-23-21-45(22-24-46)27-31-17-14-13-15-18-31/h13-15,17-18,28-30,32-34,37-39H,12,16,19-27H2,1-11H3,(H,42,50). The van der Waals surface area contributed by atoms with Crippen molar-refractivity contribution in [3.8, 4) is 0 Å². The molecule has 4 amide bonds. The molecule has 0 radical (unpaired) electrons. The number of amides is 4. The van der Waals surface area contributed by atoms with Gasteiger partial charge in [0, 0.05) is 71.1 Å². The molecule has 7 unspecified atom stereocenters. The van der Waals surface area contributed by atoms with Crippen LogP contribution in [0.15, 0.2) is 30.3 Å². The summed E-state index contributed by atoms with van der Waals surface area (Å²) in [4.78, 5) is 65.4. The van der Waals surface area contributed by atoms with E-state index in [4.69, 9.17) is 4.74 Å². The Bertz CT molecular complexity index is 1300. The fourth-order valence-electron chi connectivity index (χ4n) is 8.29. The van der Waals surface area contributed by atoms with Crippen molar-refractivity contribution in [2.24, 2.45) is 17.8 Å². The molecule has 2 saturated heterocycles. The minimum absolute atomic E-state index is 0.000788. The third kappa shape index (κ3) is 12.2. The van der Waals surface area contributed by atoms with Gasteiger partial charge in [0.15, 0.2) is 0 Å². The third-order valence-electron chi connectivity index (χ3n) is 11.5. The van der Waals surface area contributed by atoms with Gasteiger partial charge in [-0.05, 0) is 56.5 Å². The summed E-state index contributed by atoms with van der Waals surface area (Å²) in [5.41, 5.74) is 1.29. The molecule has 0 saturated carbocycles. The first kappa shape index (κ1) is 44.7. The summed E-state index contributed by atoms with van der Waals surface area (Å²) >= 11 is 1.67. The van der Waals surface area contributed by atoms with Crippen molar-refractivity contribution in [2.45, 2.75) is 116 Å². The number of likely N-dealkylation sites (N-methyl/N-ethyl adjacent to an activating group) is 2. The largest absolute Gasteiger partial charge is 0.379 e. The number of hydrogen-bond donors (Lipinski definition) is 1. The highest BCUT2D eigenvalue weighted by atomic mass is 32.2. The Morgan fingerprint density at radius 1 is 0.906 bits per heavy atom. The van der Waals surface area contributed by atoms with Crippen molar-refractivity contribution in [3.63, 3.8) is 0 Å². The summed E-state index contributed by atoms with van der Waals surface area (Å²) in [6.45, 7) is 16.7. The van der Waals surface area contributed by atoms with Gasteiger partial charge in [0.05, 0.1) is 24.6 Å². The molecule has 0 spiro atoms. The molecule has 0 aliphatic carbocycles. The molecule has 53 heavy (non-hydrogen) atoms. The molecule has 0 bridgehead atoms. The number of nitrogens with one attached hydrogen (secondary N) is 1. The van der Waals surface area contributed by atoms with Crippen molar-refractivity contribution >= 4 is 35.4 Å². The van der Waals surface area contributed by atoms with E-state index in [2.05, 4.69) is 48.3 Å². The second kappa shape index (κ2) is 21.4. The smallest absolute Gasteiger partial charge is 0.245 e. The predicted octanol–water partition coefficient (Wildman–Crippen LogP) is 4.45. The number of rotatable bonds is 19. The first-order valence-corrected chi connectivity index (χ1v) is 21.1. The Morgan fingerprint density at radius 2 is 1.55 bits per heavy atom. The van der Waals surface area contributed by atoms with Gasteiger partial charge in [-0.2, -0.15) is 11.8 Å². The second-order valence-electron chi connectivity index (χ2n) is 16.1. The molecule has 7 atom stereocenters. The molecule has 2 heterocycles. The fraction of sp³-hybridized carbons (Fsp3) is 0.756. The van der Waals surface area contributed by atoms with E-state index in [0.717, 1.165) is 38.9 Å². The van der Waals surface area contributed by atoms with Gasteiger partial charge in [0.1, 0.15) is 6.04 Å². The monoisotopic (exact) mass is 759 g/mol. The topological polar surface area (TPSA) is 106 Å². The second-order valence-corrected chi connectivity index (χ2v) is 17.2. The van der Waals surface area contributed by atoms with Crippen LogP contribution in [0.5, 0.6) is 0 Å². The van der Waals surface area contributed by atoms with Crippen LogP contribution >= 0.6 is 11.8 Å². The minimum atomic E-state index is -0.719. The van der Waals surface area contributed by atoms with Crippen molar-refractivity contribution in [1.29, 1.82) is 0 Å². The lowest BCUT2D eigenvalue weighted by Crippen LogP contribution is -2.59. The highest BCUT2D eigenvalue weighted by Crippen LogP contribution is 2.31. The summed E-state index contributed by atoms with van der Waals surface area (Å²) in [6, 6.07) is 8.94. The molecule has 0 aromatic heterocycles. The SMILES string of the molecule is CCC(C)C(C(CC(=O)N1CCCC1C(CC(=O)N1CCN(Cc2ccccc2)CC1)SC)OC)N(C)C(=O)C(NC(=O)C(C(C)C)N(C)C)C(C)C. The summed E-state index contributed by atoms with van der Waals surface area (Å²) in [7, 11) is 7.14. The number of piperazine rings is 1. The molecule has 1 aromatic carbocycles. The van der Waals surface area contributed by atoms with Gasteiger partial charge >= 0.3 is 0 Å². The van der Waals surface area contributed by atoms with E-state index >= 15 is 0 Å². The lowest BCUT2D eigenvalue weighted by atomic mass is 9.89. The summed E-state index contributed by atoms with van der Waals surface area (Å²) in [6.07, 6.45) is 4.58. The number of hydrogen-bond acceptors (Lipinski definition) is 8. The van der Waals surface area contributed by atoms with E-state index in [9.17, 15) is 19.2 Å². The van der Waals surface area contributed by atoms with Gasteiger partial charge in [-0.15, -0.1) is 0 Å². The average Bonchev–Trinajstić information content (AvgIpc) is 3.62. The molecular weight excluding hydrogens is 689 g/mol. The maximum Gasteiger partial charge on any atom is 0.245 e. The van der Waals surface area contributed by atoms with Gasteiger partial charge < -0.3 is 24.8 Å². The van der Waals surface area contributed by atoms with Crippen molar-refractivity contribution in [3.05, 3.63) is 35.9 Å². The zero-order chi connectivity index (χ0) is 39.4. The van der Waals surface area contributed by atoms with Crippen LogP contribution in [-0.4, -0.2) is 151 Å². The maximum absolute atomic E-state index is 14.2. The van der Waals surface area contributed by atoms with Crippen LogP contribution < -0.4 is 5.32 Å². The number of likely N-dealkylation sites (tertiary alicyclic amines) is 1. The lowest BCUT2D eigenvalue weighted by molar-refractivity contribution is -0.146. The van der Waals surface area contributed by atoms with Crippen LogP contribution in [0.4, 0.5) is 0 Å². The Kier molecular flexibility index (Phi) is 18.1. The van der Waals surface area contributed by atoms with Gasteiger partial charge in [-0.25, -0.2) is 0 Å². The van der Waals surface area contributed by atoms with Gasteiger partial charge in [0.25, 0.3) is 0 Å². The Hall–Kier alpha value is -2.67. The highest BCUT2D eigenvalue weighted by Gasteiger charge is 2.41. The third-order valence-corrected chi connectivity index (χ3v) is 12.6. The van der Waals surface area contributed by atoms with E-state index in [1.807, 2.05) is 68.8 Å². The van der Waals surface area contributed by atoms with Gasteiger partial charge in [0.2, 0.25) is 23.6 Å². The molecule has 2 aliphatic heterocycles. The number of carbonyl (C=O) groups is 4. The zero-order valence-corrected chi connectivity index (χ0v) is 35.4. The van der Waals surface area contributed by atoms with Crippen LogP contribution in [0, 0.1) is 17.8 Å². The average molecular weight is 759 g/mol. The van der Waals surface area contributed by atoms with E-state index in [0.29, 0.717) is 26.1 Å². The molecule has 3 rings (SSSR count). The van der Waals surface area contributed by atoms with Crippen LogP contribution in [0.3, 0.4) is 0 Å². The van der Waals surface area contributed by atoms with E-state index in [1.165, 1.54) is 5.56 Å². The predicted molar refractivity (Wildman–Crippen MR) is 215 cm³/mol. The number of thioether (sulfide) groups is 1. The molecule has 11 nitrogen and oxygen atoms in total. The van der Waals surface area contributed by atoms with Crippen LogP contribution in [-0.2, 0) is 30.5 Å². The molecule has 2 aliphatic rings. The first-order chi connectivity index (χ1) is 25.1. The fourth-order valence-corrected chi connectivity index (χ4v) is 9.19. The first-order valence-electron chi connectivity index (χ1n) is 19.8. The van der Waals surface area contributed by atoms with Crippen molar-refractivity contribution in [1.82, 2.24) is 29.8 Å². The van der Waals surface area contributed by atoms with Crippen molar-refractivity contribution < 1.29 is 23.9 Å². The zero-order valence-electron chi connectivity index (χ0n) is 34.5. The number of benzene rings is 1. The normalized spacial score (nSPS) is 20.3. The molecule has 1 N–H and O–H groups in total. The van der Waals surface area contributed by atoms with E-state index in [-0.39, 0.29) is 71.2 Å². The van der Waals surface area contributed by atoms with Crippen molar-refractivity contribution in [2.75, 3.05) is 67.2 Å². The van der Waals surface area contributed by atoms with E-state index < -0.39 is 12.1 Å². The van der Waals surface area contributed by atoms with Crippen LogP contribution in [0.2, 0.25) is 0 Å². The lowest BCUT2D eigenvalue weighted by Gasteiger charge is -2.41. The highest BCUT2D eigenvalue weighted by molar-refractivity contribution is 7.99. The Labute approximate surface area is 324 Å². The Morgan fingerprint density at radius 3 is 2.08 bits per heavy atom. The molecular formula is C41H70N6O5S. The van der Waals surface area contributed by atoms with Gasteiger partial charge in [-0.3, -0.25) is 29.0 Å². The molecule has 2 fully saturated rings. The summed E-state index contributed by atoms with van der Waals surface area (Å²) in [5.74, 6) is -0.234. The minimum Gasteiger partial charge on any atom is -0.379 e. The van der Waals surface area contributed by atoms with Crippen LogP contribution in [0.1, 0.15) is 79.2 Å². The number of nitrogens with zero attached hydrogens (tertiary/aromatic N) is 5. The number of carbonyl (C=O) groups excluding carboxylic acids is 4. The quantitative estimate of drug-likeness (QED) is 0.221. The Balaban J connectivity index is 1.68. The molecule has 300 valence electrons. The molecule has 12 heteroatoms.